The number of hydrogen-bond acceptors (Lipinski definition) is 4. The lowest BCUT2D eigenvalue weighted by molar-refractivity contribution is -0.274. The first-order valence-corrected chi connectivity index (χ1v) is 6.15. The number of nitrogens with two attached hydrogens (primary N) is 1. The standard InChI is InChI=1S/C12H9BrF3N3O/c13-10-4-8(1-2-11(10)20-12(14,15)16)19-9-3-7(17)5-18-6-9/h1-6,19H,17H2. The molecule has 0 aliphatic heterocycles. The summed E-state index contributed by atoms with van der Waals surface area (Å²) < 4.78 is 40.4. The van der Waals surface area contributed by atoms with Crippen LogP contribution in [0.3, 0.4) is 0 Å². The zero-order chi connectivity index (χ0) is 14.8. The predicted molar refractivity (Wildman–Crippen MR) is 72.8 cm³/mol. The molecule has 1 aromatic heterocycles. The van der Waals surface area contributed by atoms with E-state index in [1.54, 1.807) is 12.3 Å². The fraction of sp³-hybridized carbons (Fsp3) is 0.0833. The molecular weight excluding hydrogens is 339 g/mol. The third-order valence-electron chi connectivity index (χ3n) is 2.21. The lowest BCUT2D eigenvalue weighted by atomic mass is 10.3. The van der Waals surface area contributed by atoms with Gasteiger partial charge in [-0.2, -0.15) is 0 Å². The zero-order valence-corrected chi connectivity index (χ0v) is 11.5. The lowest BCUT2D eigenvalue weighted by Crippen LogP contribution is -2.17. The average Bonchev–Trinajstić information content (AvgIpc) is 2.31. The van der Waals surface area contributed by atoms with E-state index in [0.717, 1.165) is 0 Å². The van der Waals surface area contributed by atoms with Crippen LogP contribution in [0.4, 0.5) is 30.2 Å². The number of rotatable bonds is 3. The van der Waals surface area contributed by atoms with Crippen molar-refractivity contribution in [2.45, 2.75) is 6.36 Å². The molecular formula is C12H9BrF3N3O. The van der Waals surface area contributed by atoms with Crippen LogP contribution in [0.15, 0.2) is 41.1 Å². The Balaban J connectivity index is 2.17. The van der Waals surface area contributed by atoms with Crippen molar-refractivity contribution in [3.63, 3.8) is 0 Å². The molecule has 0 unspecified atom stereocenters. The molecule has 20 heavy (non-hydrogen) atoms. The molecule has 0 aliphatic rings. The van der Waals surface area contributed by atoms with Crippen molar-refractivity contribution in [3.05, 3.63) is 41.1 Å². The molecule has 0 atom stereocenters. The highest BCUT2D eigenvalue weighted by atomic mass is 79.9. The van der Waals surface area contributed by atoms with Crippen molar-refractivity contribution in [2.24, 2.45) is 0 Å². The maximum absolute atomic E-state index is 12.1. The Morgan fingerprint density at radius 1 is 1.15 bits per heavy atom. The van der Waals surface area contributed by atoms with Gasteiger partial charge in [-0.3, -0.25) is 4.98 Å². The number of alkyl halides is 3. The van der Waals surface area contributed by atoms with Crippen LogP contribution in [0.5, 0.6) is 5.75 Å². The third-order valence-corrected chi connectivity index (χ3v) is 2.83. The van der Waals surface area contributed by atoms with Gasteiger partial charge < -0.3 is 15.8 Å². The smallest absolute Gasteiger partial charge is 0.405 e. The van der Waals surface area contributed by atoms with Gasteiger partial charge in [0.25, 0.3) is 0 Å². The summed E-state index contributed by atoms with van der Waals surface area (Å²) in [5.41, 5.74) is 7.25. The minimum atomic E-state index is -4.73. The highest BCUT2D eigenvalue weighted by Gasteiger charge is 2.31. The van der Waals surface area contributed by atoms with Crippen LogP contribution in [-0.2, 0) is 0 Å². The van der Waals surface area contributed by atoms with E-state index in [1.165, 1.54) is 24.4 Å². The number of pyridine rings is 1. The Morgan fingerprint density at radius 2 is 1.90 bits per heavy atom. The average molecular weight is 348 g/mol. The van der Waals surface area contributed by atoms with Gasteiger partial charge in [-0.1, -0.05) is 0 Å². The van der Waals surface area contributed by atoms with Gasteiger partial charge in [0.1, 0.15) is 5.75 Å². The SMILES string of the molecule is Nc1cncc(Nc2ccc(OC(F)(F)F)c(Br)c2)c1. The Labute approximate surface area is 120 Å². The van der Waals surface area contributed by atoms with Crippen LogP contribution < -0.4 is 15.8 Å². The summed E-state index contributed by atoms with van der Waals surface area (Å²) in [5, 5.41) is 2.97. The molecule has 106 valence electrons. The van der Waals surface area contributed by atoms with Crippen molar-refractivity contribution in [1.82, 2.24) is 4.98 Å². The number of nitrogen functional groups attached to an aromatic ring is 1. The van der Waals surface area contributed by atoms with Gasteiger partial charge in [-0.25, -0.2) is 0 Å². The summed E-state index contributed by atoms with van der Waals surface area (Å²) >= 11 is 3.02. The molecule has 1 aromatic carbocycles. The number of nitrogens with zero attached hydrogens (tertiary/aromatic N) is 1. The molecule has 0 fully saturated rings. The molecule has 2 aromatic rings. The molecule has 0 radical (unpaired) electrons. The molecule has 3 N–H and O–H groups in total. The van der Waals surface area contributed by atoms with E-state index in [9.17, 15) is 13.2 Å². The molecule has 0 bridgehead atoms. The number of hydrogen-bond donors (Lipinski definition) is 2. The van der Waals surface area contributed by atoms with Crippen molar-refractivity contribution in [1.29, 1.82) is 0 Å². The second-order valence-electron chi connectivity index (χ2n) is 3.82. The second kappa shape index (κ2) is 5.58. The van der Waals surface area contributed by atoms with Crippen molar-refractivity contribution in [3.8, 4) is 5.75 Å². The summed E-state index contributed by atoms with van der Waals surface area (Å²) in [6.45, 7) is 0. The molecule has 8 heteroatoms. The molecule has 0 aliphatic carbocycles. The number of aromatic nitrogens is 1. The Morgan fingerprint density at radius 3 is 2.50 bits per heavy atom. The Hall–Kier alpha value is -1.96. The molecule has 1 heterocycles. The molecule has 0 saturated carbocycles. The maximum Gasteiger partial charge on any atom is 0.573 e. The molecule has 0 saturated heterocycles. The van der Waals surface area contributed by atoms with Gasteiger partial charge in [0.2, 0.25) is 0 Å². The van der Waals surface area contributed by atoms with Crippen molar-refractivity contribution >= 4 is 33.0 Å². The molecule has 2 rings (SSSR count). The summed E-state index contributed by atoms with van der Waals surface area (Å²) in [7, 11) is 0. The van der Waals surface area contributed by atoms with E-state index in [0.29, 0.717) is 17.1 Å². The largest absolute Gasteiger partial charge is 0.573 e. The zero-order valence-electron chi connectivity index (χ0n) is 9.91. The highest BCUT2D eigenvalue weighted by molar-refractivity contribution is 9.10. The van der Waals surface area contributed by atoms with E-state index >= 15 is 0 Å². The van der Waals surface area contributed by atoms with Gasteiger partial charge in [0.15, 0.2) is 0 Å². The Bertz CT molecular complexity index is 619. The van der Waals surface area contributed by atoms with Gasteiger partial charge in [-0.05, 0) is 40.2 Å². The van der Waals surface area contributed by atoms with Gasteiger partial charge in [-0.15, -0.1) is 13.2 Å². The van der Waals surface area contributed by atoms with Crippen LogP contribution in [0.25, 0.3) is 0 Å². The van der Waals surface area contributed by atoms with Crippen LogP contribution in [-0.4, -0.2) is 11.3 Å². The number of nitrogens with one attached hydrogen (secondary N) is 1. The summed E-state index contributed by atoms with van der Waals surface area (Å²) in [6.07, 6.45) is -1.69. The van der Waals surface area contributed by atoms with E-state index < -0.39 is 6.36 Å². The number of anilines is 3. The van der Waals surface area contributed by atoms with E-state index in [4.69, 9.17) is 5.73 Å². The topological polar surface area (TPSA) is 60.2 Å². The first kappa shape index (κ1) is 14.4. The molecule has 0 amide bonds. The fourth-order valence-electron chi connectivity index (χ4n) is 1.48. The fourth-order valence-corrected chi connectivity index (χ4v) is 1.94. The van der Waals surface area contributed by atoms with E-state index in [1.807, 2.05) is 0 Å². The molecule has 4 nitrogen and oxygen atoms in total. The number of halogens is 4. The molecule has 0 spiro atoms. The summed E-state index contributed by atoms with van der Waals surface area (Å²) in [6, 6.07) is 5.78. The van der Waals surface area contributed by atoms with E-state index in [2.05, 4.69) is 31.0 Å². The number of benzene rings is 1. The van der Waals surface area contributed by atoms with Crippen molar-refractivity contribution in [2.75, 3.05) is 11.1 Å². The van der Waals surface area contributed by atoms with Gasteiger partial charge in [0.05, 0.1) is 22.0 Å². The monoisotopic (exact) mass is 347 g/mol. The summed E-state index contributed by atoms with van der Waals surface area (Å²) in [4.78, 5) is 3.90. The minimum absolute atomic E-state index is 0.177. The van der Waals surface area contributed by atoms with Crippen LogP contribution in [0.2, 0.25) is 0 Å². The quantitative estimate of drug-likeness (QED) is 0.878. The van der Waals surface area contributed by atoms with Gasteiger partial charge >= 0.3 is 6.36 Å². The van der Waals surface area contributed by atoms with Crippen molar-refractivity contribution < 1.29 is 17.9 Å². The van der Waals surface area contributed by atoms with Crippen LogP contribution in [0.1, 0.15) is 0 Å². The summed E-state index contributed by atoms with van der Waals surface area (Å²) in [5.74, 6) is -0.311. The lowest BCUT2D eigenvalue weighted by Gasteiger charge is -2.12. The van der Waals surface area contributed by atoms with Crippen LogP contribution >= 0.6 is 15.9 Å². The first-order chi connectivity index (χ1) is 9.33. The first-order valence-electron chi connectivity index (χ1n) is 5.36. The highest BCUT2D eigenvalue weighted by Crippen LogP contribution is 2.33. The second-order valence-corrected chi connectivity index (χ2v) is 4.68. The maximum atomic E-state index is 12.1. The van der Waals surface area contributed by atoms with Gasteiger partial charge in [0, 0.05) is 11.9 Å². The minimum Gasteiger partial charge on any atom is -0.405 e. The predicted octanol–water partition coefficient (Wildman–Crippen LogP) is 4.07. The third kappa shape index (κ3) is 4.02. The van der Waals surface area contributed by atoms with E-state index in [-0.39, 0.29) is 10.2 Å². The normalized spacial score (nSPS) is 11.2. The number of ether oxygens (including phenoxy) is 1. The van der Waals surface area contributed by atoms with Crippen LogP contribution in [0, 0.1) is 0 Å². The Kier molecular flexibility index (Phi) is 4.03.